The number of rotatable bonds is 1. The van der Waals surface area contributed by atoms with Gasteiger partial charge in [0.1, 0.15) is 11.8 Å². The lowest BCUT2D eigenvalue weighted by atomic mass is 10.3. The van der Waals surface area contributed by atoms with E-state index < -0.39 is 0 Å². The molecule has 0 saturated carbocycles. The molecule has 0 unspecified atom stereocenters. The number of anilines is 1. The molecule has 1 aliphatic heterocycles. The van der Waals surface area contributed by atoms with Crippen LogP contribution in [0.1, 0.15) is 0 Å². The number of nitrogens with one attached hydrogen (secondary N) is 2. The predicted octanol–water partition coefficient (Wildman–Crippen LogP) is -0.238. The standard InChI is InChI=1S/C9H12N6/c1-3-15(4-2-10-1)9-7-8(12-5-11-7)13-6-14-9/h5-6,10H,1-4H2,(H,11,12,13,14). The molecule has 0 amide bonds. The molecular weight excluding hydrogens is 192 g/mol. The summed E-state index contributed by atoms with van der Waals surface area (Å²) in [6, 6.07) is 0. The van der Waals surface area contributed by atoms with E-state index in [1.807, 2.05) is 0 Å². The summed E-state index contributed by atoms with van der Waals surface area (Å²) in [6.07, 6.45) is 3.23. The maximum atomic E-state index is 4.32. The Bertz CT molecular complexity index is 458. The molecule has 6 heteroatoms. The van der Waals surface area contributed by atoms with Crippen molar-refractivity contribution < 1.29 is 0 Å². The number of fused-ring (bicyclic) bond motifs is 1. The molecule has 3 rings (SSSR count). The Balaban J connectivity index is 2.05. The summed E-state index contributed by atoms with van der Waals surface area (Å²) in [5.74, 6) is 0.957. The zero-order valence-electron chi connectivity index (χ0n) is 8.27. The van der Waals surface area contributed by atoms with Gasteiger partial charge in [0.25, 0.3) is 0 Å². The van der Waals surface area contributed by atoms with Gasteiger partial charge in [-0.05, 0) is 0 Å². The molecule has 3 heterocycles. The highest BCUT2D eigenvalue weighted by Crippen LogP contribution is 2.19. The number of nitrogens with zero attached hydrogens (tertiary/aromatic N) is 4. The van der Waals surface area contributed by atoms with E-state index in [2.05, 4.69) is 30.2 Å². The van der Waals surface area contributed by atoms with E-state index in [9.17, 15) is 0 Å². The summed E-state index contributed by atoms with van der Waals surface area (Å²) in [7, 11) is 0. The molecule has 1 aliphatic rings. The van der Waals surface area contributed by atoms with E-state index in [4.69, 9.17) is 0 Å². The molecule has 0 aromatic carbocycles. The second-order valence-electron chi connectivity index (χ2n) is 3.54. The Morgan fingerprint density at radius 3 is 2.87 bits per heavy atom. The van der Waals surface area contributed by atoms with Gasteiger partial charge >= 0.3 is 0 Å². The quantitative estimate of drug-likeness (QED) is 0.671. The molecule has 6 nitrogen and oxygen atoms in total. The third-order valence-electron chi connectivity index (χ3n) is 2.62. The number of piperazine rings is 1. The van der Waals surface area contributed by atoms with Crippen molar-refractivity contribution in [3.8, 4) is 0 Å². The van der Waals surface area contributed by atoms with Gasteiger partial charge in [0.15, 0.2) is 11.5 Å². The Kier molecular flexibility index (Phi) is 1.99. The fourth-order valence-electron chi connectivity index (χ4n) is 1.87. The molecule has 0 aliphatic carbocycles. The van der Waals surface area contributed by atoms with Gasteiger partial charge in [0.05, 0.1) is 6.33 Å². The maximum absolute atomic E-state index is 4.32. The van der Waals surface area contributed by atoms with Crippen LogP contribution in [0.25, 0.3) is 11.2 Å². The van der Waals surface area contributed by atoms with E-state index in [1.54, 1.807) is 12.7 Å². The number of aromatic amines is 1. The van der Waals surface area contributed by atoms with Gasteiger partial charge in [0, 0.05) is 26.2 Å². The number of hydrogen-bond donors (Lipinski definition) is 2. The van der Waals surface area contributed by atoms with E-state index >= 15 is 0 Å². The van der Waals surface area contributed by atoms with Crippen LogP contribution in [-0.4, -0.2) is 46.1 Å². The average molecular weight is 204 g/mol. The largest absolute Gasteiger partial charge is 0.352 e. The first-order chi connectivity index (χ1) is 7.45. The Labute approximate surface area is 86.7 Å². The van der Waals surface area contributed by atoms with Gasteiger partial charge in [-0.2, -0.15) is 0 Å². The summed E-state index contributed by atoms with van der Waals surface area (Å²) >= 11 is 0. The Morgan fingerprint density at radius 1 is 1.13 bits per heavy atom. The van der Waals surface area contributed by atoms with Crippen LogP contribution in [0.4, 0.5) is 5.82 Å². The molecule has 1 fully saturated rings. The average Bonchev–Trinajstić information content (AvgIpc) is 2.78. The normalized spacial score (nSPS) is 17.2. The molecule has 0 atom stereocenters. The third kappa shape index (κ3) is 1.42. The van der Waals surface area contributed by atoms with E-state index in [0.29, 0.717) is 0 Å². The van der Waals surface area contributed by atoms with Crippen LogP contribution < -0.4 is 10.2 Å². The van der Waals surface area contributed by atoms with Crippen molar-refractivity contribution in [2.45, 2.75) is 0 Å². The molecule has 0 spiro atoms. The molecule has 0 radical (unpaired) electrons. The summed E-state index contributed by atoms with van der Waals surface area (Å²) in [5.41, 5.74) is 1.66. The molecule has 15 heavy (non-hydrogen) atoms. The van der Waals surface area contributed by atoms with Crippen molar-refractivity contribution in [2.75, 3.05) is 31.1 Å². The molecule has 2 aromatic heterocycles. The zero-order valence-corrected chi connectivity index (χ0v) is 8.27. The Morgan fingerprint density at radius 2 is 2.00 bits per heavy atom. The minimum absolute atomic E-state index is 0.735. The van der Waals surface area contributed by atoms with E-state index in [1.165, 1.54) is 0 Å². The summed E-state index contributed by atoms with van der Waals surface area (Å²) in [5, 5.41) is 3.32. The Hall–Kier alpha value is -1.69. The first-order valence-corrected chi connectivity index (χ1v) is 5.05. The number of hydrogen-bond acceptors (Lipinski definition) is 5. The minimum Gasteiger partial charge on any atom is -0.352 e. The van der Waals surface area contributed by atoms with Crippen molar-refractivity contribution in [3.05, 3.63) is 12.7 Å². The van der Waals surface area contributed by atoms with Crippen molar-refractivity contribution in [1.29, 1.82) is 0 Å². The van der Waals surface area contributed by atoms with Crippen molar-refractivity contribution in [1.82, 2.24) is 25.3 Å². The molecule has 1 saturated heterocycles. The van der Waals surface area contributed by atoms with Gasteiger partial charge < -0.3 is 15.2 Å². The van der Waals surface area contributed by atoms with Crippen LogP contribution in [-0.2, 0) is 0 Å². The highest BCUT2D eigenvalue weighted by atomic mass is 15.2. The highest BCUT2D eigenvalue weighted by molar-refractivity contribution is 5.82. The third-order valence-corrected chi connectivity index (χ3v) is 2.62. The van der Waals surface area contributed by atoms with Gasteiger partial charge in [-0.25, -0.2) is 15.0 Å². The summed E-state index contributed by atoms with van der Waals surface area (Å²) in [4.78, 5) is 17.9. The molecule has 2 N–H and O–H groups in total. The van der Waals surface area contributed by atoms with Crippen LogP contribution in [0.3, 0.4) is 0 Å². The first kappa shape index (κ1) is 8.60. The lowest BCUT2D eigenvalue weighted by Crippen LogP contribution is -2.44. The zero-order chi connectivity index (χ0) is 10.1. The molecule has 0 bridgehead atoms. The predicted molar refractivity (Wildman–Crippen MR) is 56.8 cm³/mol. The van der Waals surface area contributed by atoms with Gasteiger partial charge in [-0.3, -0.25) is 0 Å². The summed E-state index contributed by atoms with van der Waals surface area (Å²) in [6.45, 7) is 3.95. The molecule has 2 aromatic rings. The fourth-order valence-corrected chi connectivity index (χ4v) is 1.87. The fraction of sp³-hybridized carbons (Fsp3) is 0.444. The van der Waals surface area contributed by atoms with Crippen molar-refractivity contribution in [2.24, 2.45) is 0 Å². The van der Waals surface area contributed by atoms with Crippen LogP contribution in [0, 0.1) is 0 Å². The smallest absolute Gasteiger partial charge is 0.182 e. The van der Waals surface area contributed by atoms with Crippen molar-refractivity contribution in [3.63, 3.8) is 0 Å². The highest BCUT2D eigenvalue weighted by Gasteiger charge is 2.15. The minimum atomic E-state index is 0.735. The lowest BCUT2D eigenvalue weighted by Gasteiger charge is -2.28. The summed E-state index contributed by atoms with van der Waals surface area (Å²) < 4.78 is 0. The van der Waals surface area contributed by atoms with E-state index in [0.717, 1.165) is 43.2 Å². The SMILES string of the molecule is c1nc(N2CCNCC2)c2[nH]cnc2n1. The molecule has 78 valence electrons. The monoisotopic (exact) mass is 204 g/mol. The van der Waals surface area contributed by atoms with Crippen LogP contribution >= 0.6 is 0 Å². The van der Waals surface area contributed by atoms with Crippen LogP contribution in [0.15, 0.2) is 12.7 Å². The maximum Gasteiger partial charge on any atom is 0.182 e. The number of imidazole rings is 1. The number of H-pyrrole nitrogens is 1. The number of aromatic nitrogens is 4. The van der Waals surface area contributed by atoms with Gasteiger partial charge in [-0.15, -0.1) is 0 Å². The van der Waals surface area contributed by atoms with Gasteiger partial charge in [0.2, 0.25) is 0 Å². The lowest BCUT2D eigenvalue weighted by molar-refractivity contribution is 0.586. The second-order valence-corrected chi connectivity index (χ2v) is 3.54. The van der Waals surface area contributed by atoms with Crippen molar-refractivity contribution >= 4 is 17.0 Å². The van der Waals surface area contributed by atoms with Crippen LogP contribution in [0.5, 0.6) is 0 Å². The van der Waals surface area contributed by atoms with E-state index in [-0.39, 0.29) is 0 Å². The van der Waals surface area contributed by atoms with Gasteiger partial charge in [-0.1, -0.05) is 0 Å². The van der Waals surface area contributed by atoms with Crippen LogP contribution in [0.2, 0.25) is 0 Å². The molecular formula is C9H12N6. The second kappa shape index (κ2) is 3.47. The first-order valence-electron chi connectivity index (χ1n) is 5.05. The topological polar surface area (TPSA) is 69.7 Å².